The van der Waals surface area contributed by atoms with Crippen LogP contribution in [0.15, 0.2) is 29.2 Å². The van der Waals surface area contributed by atoms with Crippen molar-refractivity contribution in [2.75, 3.05) is 31.3 Å². The molecule has 0 aliphatic carbocycles. The van der Waals surface area contributed by atoms with Crippen LogP contribution in [0, 0.1) is 0 Å². The number of benzene rings is 1. The Balaban J connectivity index is 2.34. The van der Waals surface area contributed by atoms with Crippen molar-refractivity contribution in [3.05, 3.63) is 24.3 Å². The second-order valence-corrected chi connectivity index (χ2v) is 4.19. The summed E-state index contributed by atoms with van der Waals surface area (Å²) < 4.78 is 5.12. The number of hydrogen-bond acceptors (Lipinski definition) is 3. The quantitative estimate of drug-likeness (QED) is 0.606. The van der Waals surface area contributed by atoms with Crippen molar-refractivity contribution in [1.29, 1.82) is 0 Å². The Hall–Kier alpha value is -1.20. The number of hydrogen-bond donors (Lipinski definition) is 2. The Morgan fingerprint density at radius 3 is 3.00 bits per heavy atom. The fraction of sp³-hybridized carbons (Fsp3) is 0.417. The van der Waals surface area contributed by atoms with Crippen molar-refractivity contribution < 1.29 is 9.53 Å². The molecule has 0 fully saturated rings. The highest BCUT2D eigenvalue weighted by Crippen LogP contribution is 2.18. The molecule has 2 N–H and O–H groups in total. The Kier molecular flexibility index (Phi) is 6.50. The van der Waals surface area contributed by atoms with Gasteiger partial charge in [0.05, 0.1) is 6.61 Å². The third kappa shape index (κ3) is 5.60. The first-order chi connectivity index (χ1) is 8.26. The van der Waals surface area contributed by atoms with Gasteiger partial charge in [-0.05, 0) is 31.4 Å². The lowest BCUT2D eigenvalue weighted by molar-refractivity contribution is 0.150. The Morgan fingerprint density at radius 1 is 1.47 bits per heavy atom. The van der Waals surface area contributed by atoms with Crippen LogP contribution in [0.25, 0.3) is 0 Å². The molecule has 0 saturated heterocycles. The Labute approximate surface area is 106 Å². The van der Waals surface area contributed by atoms with Crippen LogP contribution in [-0.4, -0.2) is 32.0 Å². The van der Waals surface area contributed by atoms with E-state index in [1.54, 1.807) is 11.8 Å². The summed E-state index contributed by atoms with van der Waals surface area (Å²) in [6, 6.07) is 7.52. The molecule has 0 aromatic heterocycles. The summed E-state index contributed by atoms with van der Waals surface area (Å²) in [6.45, 7) is 3.64. The van der Waals surface area contributed by atoms with E-state index in [4.69, 9.17) is 4.74 Å². The van der Waals surface area contributed by atoms with Gasteiger partial charge in [-0.1, -0.05) is 6.07 Å². The molecule has 0 aliphatic rings. The van der Waals surface area contributed by atoms with Crippen LogP contribution in [0.3, 0.4) is 0 Å². The minimum atomic E-state index is -0.206. The minimum absolute atomic E-state index is 0.206. The van der Waals surface area contributed by atoms with Gasteiger partial charge in [0, 0.05) is 23.7 Å². The van der Waals surface area contributed by atoms with Crippen molar-refractivity contribution in [3.8, 4) is 0 Å². The van der Waals surface area contributed by atoms with Crippen LogP contribution < -0.4 is 10.6 Å². The molecule has 5 heteroatoms. The number of nitrogens with one attached hydrogen (secondary N) is 2. The van der Waals surface area contributed by atoms with Crippen LogP contribution in [-0.2, 0) is 4.74 Å². The number of ether oxygens (including phenoxy) is 1. The molecule has 4 nitrogen and oxygen atoms in total. The van der Waals surface area contributed by atoms with Crippen molar-refractivity contribution in [2.45, 2.75) is 11.8 Å². The SMILES string of the molecule is CCOCCNC(=O)Nc1cccc(SC)c1. The van der Waals surface area contributed by atoms with Crippen molar-refractivity contribution >= 4 is 23.5 Å². The van der Waals surface area contributed by atoms with E-state index in [2.05, 4.69) is 10.6 Å². The lowest BCUT2D eigenvalue weighted by Gasteiger charge is -2.08. The summed E-state index contributed by atoms with van der Waals surface area (Å²) in [5.74, 6) is 0. The van der Waals surface area contributed by atoms with Crippen LogP contribution >= 0.6 is 11.8 Å². The molecule has 2 amide bonds. The second-order valence-electron chi connectivity index (χ2n) is 3.31. The first kappa shape index (κ1) is 13.9. The number of anilines is 1. The first-order valence-corrected chi connectivity index (χ1v) is 6.75. The number of thioether (sulfide) groups is 1. The first-order valence-electron chi connectivity index (χ1n) is 5.53. The predicted octanol–water partition coefficient (Wildman–Crippen LogP) is 2.57. The minimum Gasteiger partial charge on any atom is -0.380 e. The third-order valence-electron chi connectivity index (χ3n) is 2.06. The highest BCUT2D eigenvalue weighted by Gasteiger charge is 2.01. The molecular weight excluding hydrogens is 236 g/mol. The Morgan fingerprint density at radius 2 is 2.29 bits per heavy atom. The van der Waals surface area contributed by atoms with E-state index in [0.29, 0.717) is 19.8 Å². The summed E-state index contributed by atoms with van der Waals surface area (Å²) in [5.41, 5.74) is 0.797. The fourth-order valence-corrected chi connectivity index (χ4v) is 1.72. The molecule has 1 aromatic rings. The van der Waals surface area contributed by atoms with Crippen molar-refractivity contribution in [1.82, 2.24) is 5.32 Å². The van der Waals surface area contributed by atoms with E-state index >= 15 is 0 Å². The van der Waals surface area contributed by atoms with Crippen LogP contribution in [0.2, 0.25) is 0 Å². The topological polar surface area (TPSA) is 50.4 Å². The van der Waals surface area contributed by atoms with Crippen LogP contribution in [0.4, 0.5) is 10.5 Å². The standard InChI is InChI=1S/C12H18N2O2S/c1-3-16-8-7-13-12(15)14-10-5-4-6-11(9-10)17-2/h4-6,9H,3,7-8H2,1-2H3,(H2,13,14,15). The lowest BCUT2D eigenvalue weighted by atomic mass is 10.3. The fourth-order valence-electron chi connectivity index (χ4n) is 1.26. The maximum Gasteiger partial charge on any atom is 0.319 e. The van der Waals surface area contributed by atoms with Gasteiger partial charge in [-0.25, -0.2) is 4.79 Å². The average Bonchev–Trinajstić information content (AvgIpc) is 2.35. The summed E-state index contributed by atoms with van der Waals surface area (Å²) in [7, 11) is 0. The predicted molar refractivity (Wildman–Crippen MR) is 71.7 cm³/mol. The lowest BCUT2D eigenvalue weighted by Crippen LogP contribution is -2.31. The maximum atomic E-state index is 11.5. The van der Waals surface area contributed by atoms with Gasteiger partial charge in [0.1, 0.15) is 0 Å². The van der Waals surface area contributed by atoms with Gasteiger partial charge in [-0.15, -0.1) is 11.8 Å². The maximum absolute atomic E-state index is 11.5. The smallest absolute Gasteiger partial charge is 0.319 e. The zero-order valence-electron chi connectivity index (χ0n) is 10.2. The monoisotopic (exact) mass is 254 g/mol. The van der Waals surface area contributed by atoms with E-state index in [1.165, 1.54) is 0 Å². The van der Waals surface area contributed by atoms with E-state index in [-0.39, 0.29) is 6.03 Å². The van der Waals surface area contributed by atoms with E-state index < -0.39 is 0 Å². The van der Waals surface area contributed by atoms with Gasteiger partial charge in [-0.3, -0.25) is 0 Å². The molecule has 0 heterocycles. The largest absolute Gasteiger partial charge is 0.380 e. The number of carbonyl (C=O) groups excluding carboxylic acids is 1. The molecule has 0 saturated carbocycles. The summed E-state index contributed by atoms with van der Waals surface area (Å²) in [6.07, 6.45) is 2.00. The summed E-state index contributed by atoms with van der Waals surface area (Å²) >= 11 is 1.64. The number of amides is 2. The molecule has 0 radical (unpaired) electrons. The molecule has 1 rings (SSSR count). The molecule has 1 aromatic carbocycles. The zero-order chi connectivity index (χ0) is 12.5. The molecule has 94 valence electrons. The van der Waals surface area contributed by atoms with Gasteiger partial charge in [0.15, 0.2) is 0 Å². The molecule has 0 unspecified atom stereocenters. The van der Waals surface area contributed by atoms with Gasteiger partial charge in [0.25, 0.3) is 0 Å². The van der Waals surface area contributed by atoms with E-state index in [1.807, 2.05) is 37.4 Å². The number of rotatable bonds is 6. The molecular formula is C12H18N2O2S. The van der Waals surface area contributed by atoms with Crippen molar-refractivity contribution in [2.24, 2.45) is 0 Å². The summed E-state index contributed by atoms with van der Waals surface area (Å²) in [5, 5.41) is 5.50. The van der Waals surface area contributed by atoms with E-state index in [0.717, 1.165) is 10.6 Å². The molecule has 0 aliphatic heterocycles. The summed E-state index contributed by atoms with van der Waals surface area (Å²) in [4.78, 5) is 12.6. The van der Waals surface area contributed by atoms with Gasteiger partial charge in [0.2, 0.25) is 0 Å². The second kappa shape index (κ2) is 7.97. The average molecular weight is 254 g/mol. The van der Waals surface area contributed by atoms with Crippen molar-refractivity contribution in [3.63, 3.8) is 0 Å². The molecule has 0 atom stereocenters. The third-order valence-corrected chi connectivity index (χ3v) is 2.79. The molecule has 0 bridgehead atoms. The molecule has 0 spiro atoms. The van der Waals surface area contributed by atoms with Crippen LogP contribution in [0.1, 0.15) is 6.92 Å². The zero-order valence-corrected chi connectivity index (χ0v) is 11.0. The van der Waals surface area contributed by atoms with Crippen LogP contribution in [0.5, 0.6) is 0 Å². The van der Waals surface area contributed by atoms with Gasteiger partial charge < -0.3 is 15.4 Å². The highest BCUT2D eigenvalue weighted by atomic mass is 32.2. The molecule has 17 heavy (non-hydrogen) atoms. The van der Waals surface area contributed by atoms with Gasteiger partial charge in [-0.2, -0.15) is 0 Å². The van der Waals surface area contributed by atoms with E-state index in [9.17, 15) is 4.79 Å². The van der Waals surface area contributed by atoms with Gasteiger partial charge >= 0.3 is 6.03 Å². The number of carbonyl (C=O) groups is 1. The number of urea groups is 1. The Bertz CT molecular complexity index is 358. The highest BCUT2D eigenvalue weighted by molar-refractivity contribution is 7.98. The normalized spacial score (nSPS) is 10.0.